The molecule has 9 heteroatoms. The summed E-state index contributed by atoms with van der Waals surface area (Å²) in [6.45, 7) is 1.99. The number of methoxy groups -OCH3 is 1. The van der Waals surface area contributed by atoms with Gasteiger partial charge in [0.25, 0.3) is 0 Å². The van der Waals surface area contributed by atoms with E-state index in [-0.39, 0.29) is 30.1 Å². The third-order valence-corrected chi connectivity index (χ3v) is 7.55. The van der Waals surface area contributed by atoms with Gasteiger partial charge in [-0.25, -0.2) is 0 Å². The summed E-state index contributed by atoms with van der Waals surface area (Å²) in [5, 5.41) is 12.4. The van der Waals surface area contributed by atoms with Gasteiger partial charge < -0.3 is 9.64 Å². The summed E-state index contributed by atoms with van der Waals surface area (Å²) in [6, 6.07) is 8.43. The van der Waals surface area contributed by atoms with Gasteiger partial charge >= 0.3 is 5.69 Å². The van der Waals surface area contributed by atoms with E-state index in [4.69, 9.17) is 27.9 Å². The Kier molecular flexibility index (Phi) is 7.12. The molecule has 0 radical (unpaired) electrons. The van der Waals surface area contributed by atoms with Crippen LogP contribution in [0.25, 0.3) is 0 Å². The molecule has 7 nitrogen and oxygen atoms in total. The quantitative estimate of drug-likeness (QED) is 0.416. The van der Waals surface area contributed by atoms with Crippen LogP contribution in [0, 0.1) is 10.1 Å². The van der Waals surface area contributed by atoms with E-state index in [0.29, 0.717) is 22.2 Å². The minimum Gasteiger partial charge on any atom is -0.490 e. The number of carbonyl (C=O) groups is 1. The molecule has 4 rings (SSSR count). The van der Waals surface area contributed by atoms with Crippen LogP contribution in [-0.4, -0.2) is 53.9 Å². The monoisotopic (exact) mass is 491 g/mol. The Morgan fingerprint density at radius 1 is 1.21 bits per heavy atom. The molecule has 2 aromatic carbocycles. The van der Waals surface area contributed by atoms with Crippen molar-refractivity contribution in [3.05, 3.63) is 67.2 Å². The summed E-state index contributed by atoms with van der Waals surface area (Å²) >= 11 is 12.2. The van der Waals surface area contributed by atoms with Crippen molar-refractivity contribution in [1.29, 1.82) is 0 Å². The fourth-order valence-electron chi connectivity index (χ4n) is 5.22. The molecule has 2 aliphatic rings. The van der Waals surface area contributed by atoms with E-state index in [1.54, 1.807) is 29.2 Å². The number of carbonyl (C=O) groups excluding carboxylic acids is 1. The highest BCUT2D eigenvalue weighted by Crippen LogP contribution is 2.44. The number of hydrogen-bond donors (Lipinski definition) is 0. The van der Waals surface area contributed by atoms with E-state index in [1.807, 2.05) is 7.05 Å². The van der Waals surface area contributed by atoms with Gasteiger partial charge in [-0.05, 0) is 68.1 Å². The van der Waals surface area contributed by atoms with Crippen LogP contribution in [0.15, 0.2) is 30.3 Å². The van der Waals surface area contributed by atoms with Crippen LogP contribution in [-0.2, 0) is 17.6 Å². The molecule has 1 aliphatic carbocycles. The van der Waals surface area contributed by atoms with Crippen molar-refractivity contribution < 1.29 is 14.5 Å². The van der Waals surface area contributed by atoms with Crippen LogP contribution < -0.4 is 4.74 Å². The van der Waals surface area contributed by atoms with Crippen molar-refractivity contribution in [3.63, 3.8) is 0 Å². The number of nitro groups is 1. The fraction of sp³-hybridized carbons (Fsp3) is 0.458. The molecule has 1 aliphatic heterocycles. The summed E-state index contributed by atoms with van der Waals surface area (Å²) in [4.78, 5) is 28.8. The Balaban J connectivity index is 1.71. The van der Waals surface area contributed by atoms with E-state index >= 15 is 0 Å². The highest BCUT2D eigenvalue weighted by molar-refractivity contribution is 6.42. The molecule has 0 spiro atoms. The summed E-state index contributed by atoms with van der Waals surface area (Å²) in [5.41, 5.74) is 2.49. The number of nitro benzene ring substituents is 1. The van der Waals surface area contributed by atoms with Gasteiger partial charge in [0.1, 0.15) is 0 Å². The second kappa shape index (κ2) is 9.87. The minimum atomic E-state index is -0.417. The van der Waals surface area contributed by atoms with Crippen LogP contribution in [0.4, 0.5) is 5.69 Å². The number of benzene rings is 2. The maximum atomic E-state index is 13.4. The Hall–Kier alpha value is -2.35. The Morgan fingerprint density at radius 3 is 2.58 bits per heavy atom. The van der Waals surface area contributed by atoms with E-state index in [9.17, 15) is 14.9 Å². The van der Waals surface area contributed by atoms with E-state index in [2.05, 4.69) is 4.90 Å². The van der Waals surface area contributed by atoms with Crippen molar-refractivity contribution in [2.75, 3.05) is 27.2 Å². The fourth-order valence-corrected chi connectivity index (χ4v) is 5.54. The maximum Gasteiger partial charge on any atom is 0.311 e. The number of nitrogens with zero attached hydrogens (tertiary/aromatic N) is 3. The van der Waals surface area contributed by atoms with Crippen molar-refractivity contribution in [2.45, 2.75) is 44.2 Å². The Labute approximate surface area is 203 Å². The normalized spacial score (nSPS) is 20.4. The van der Waals surface area contributed by atoms with Crippen LogP contribution in [0.2, 0.25) is 10.0 Å². The molecular formula is C24H27Cl2N3O4. The maximum absolute atomic E-state index is 13.4. The van der Waals surface area contributed by atoms with Gasteiger partial charge in [-0.15, -0.1) is 0 Å². The zero-order valence-corrected chi connectivity index (χ0v) is 20.2. The predicted molar refractivity (Wildman–Crippen MR) is 128 cm³/mol. The number of fused-ring (bicyclic) bond motifs is 1. The first kappa shape index (κ1) is 23.8. The lowest BCUT2D eigenvalue weighted by molar-refractivity contribution is -0.385. The van der Waals surface area contributed by atoms with E-state index in [0.717, 1.165) is 49.0 Å². The van der Waals surface area contributed by atoms with Crippen molar-refractivity contribution in [2.24, 2.45) is 0 Å². The van der Waals surface area contributed by atoms with E-state index < -0.39 is 4.92 Å². The highest BCUT2D eigenvalue weighted by Gasteiger charge is 2.41. The molecule has 1 fully saturated rings. The van der Waals surface area contributed by atoms with Crippen LogP contribution in [0.3, 0.4) is 0 Å². The Morgan fingerprint density at radius 2 is 1.94 bits per heavy atom. The molecular weight excluding hydrogens is 465 g/mol. The van der Waals surface area contributed by atoms with Gasteiger partial charge in [-0.2, -0.15) is 0 Å². The molecule has 0 N–H and O–H groups in total. The first-order valence-corrected chi connectivity index (χ1v) is 11.8. The van der Waals surface area contributed by atoms with Gasteiger partial charge in [-0.1, -0.05) is 29.3 Å². The summed E-state index contributed by atoms with van der Waals surface area (Å²) < 4.78 is 5.49. The molecule has 1 saturated heterocycles. The van der Waals surface area contributed by atoms with Crippen LogP contribution >= 0.6 is 23.2 Å². The van der Waals surface area contributed by atoms with Crippen LogP contribution in [0.5, 0.6) is 5.75 Å². The number of ether oxygens (including phenoxy) is 1. The first-order valence-electron chi connectivity index (χ1n) is 11.1. The lowest BCUT2D eigenvalue weighted by atomic mass is 9.81. The molecule has 1 amide bonds. The summed E-state index contributed by atoms with van der Waals surface area (Å²) in [6.07, 6.45) is 3.95. The van der Waals surface area contributed by atoms with Crippen molar-refractivity contribution >= 4 is 34.8 Å². The first-order chi connectivity index (χ1) is 15.8. The number of rotatable bonds is 6. The Bertz CT molecular complexity index is 1070. The summed E-state index contributed by atoms with van der Waals surface area (Å²) in [5.74, 6) is 0.250. The number of halogens is 2. The van der Waals surface area contributed by atoms with Gasteiger partial charge in [-0.3, -0.25) is 19.8 Å². The highest BCUT2D eigenvalue weighted by atomic mass is 35.5. The van der Waals surface area contributed by atoms with E-state index in [1.165, 1.54) is 13.2 Å². The third kappa shape index (κ3) is 4.67. The zero-order chi connectivity index (χ0) is 23.7. The van der Waals surface area contributed by atoms with Gasteiger partial charge in [0, 0.05) is 24.7 Å². The van der Waals surface area contributed by atoms with Gasteiger partial charge in [0.15, 0.2) is 5.75 Å². The second-order valence-electron chi connectivity index (χ2n) is 8.67. The number of amides is 1. The van der Waals surface area contributed by atoms with Crippen LogP contribution in [0.1, 0.15) is 42.0 Å². The smallest absolute Gasteiger partial charge is 0.311 e. The lowest BCUT2D eigenvalue weighted by Crippen LogP contribution is -2.48. The van der Waals surface area contributed by atoms with Crippen molar-refractivity contribution in [3.8, 4) is 5.75 Å². The third-order valence-electron chi connectivity index (χ3n) is 6.81. The molecule has 2 atom stereocenters. The predicted octanol–water partition coefficient (Wildman–Crippen LogP) is 5.06. The zero-order valence-electron chi connectivity index (χ0n) is 18.7. The topological polar surface area (TPSA) is 75.9 Å². The van der Waals surface area contributed by atoms with Gasteiger partial charge in [0.05, 0.1) is 34.5 Å². The average Bonchev–Trinajstić information content (AvgIpc) is 3.34. The number of likely N-dealkylation sites (N-methyl/N-ethyl adjacent to an activating group) is 1. The van der Waals surface area contributed by atoms with Crippen molar-refractivity contribution in [1.82, 2.24) is 9.80 Å². The number of hydrogen-bond acceptors (Lipinski definition) is 5. The standard InChI is InChI=1S/C24H27Cl2N3O4/c1-27(22(30)14-15-5-8-18(25)19(26)13-15)23-16-6-10-21(29(31)32)24(33-2)17(16)7-9-20(23)28-11-3-4-12-28/h5-6,8,10,13,20,23H,3-4,7,9,11-12,14H2,1-2H3/t20-,23-/m0/s1. The molecule has 0 bridgehead atoms. The molecule has 176 valence electrons. The molecule has 0 saturated carbocycles. The largest absolute Gasteiger partial charge is 0.490 e. The number of likely N-dealkylation sites (tertiary alicyclic amines) is 1. The molecule has 0 unspecified atom stereocenters. The van der Waals surface area contributed by atoms with Gasteiger partial charge in [0.2, 0.25) is 5.91 Å². The average molecular weight is 492 g/mol. The minimum absolute atomic E-state index is 0.0422. The second-order valence-corrected chi connectivity index (χ2v) is 9.48. The molecule has 33 heavy (non-hydrogen) atoms. The lowest BCUT2D eigenvalue weighted by Gasteiger charge is -2.43. The summed E-state index contributed by atoms with van der Waals surface area (Å²) in [7, 11) is 3.28. The molecule has 1 heterocycles. The molecule has 2 aromatic rings. The molecule has 0 aromatic heterocycles. The SMILES string of the molecule is COc1c([N+](=O)[O-])ccc2c1CC[C@H](N1CCCC1)[C@H]2N(C)C(=O)Cc1ccc(Cl)c(Cl)c1.